The van der Waals surface area contributed by atoms with Gasteiger partial charge in [0, 0.05) is 0 Å². The Morgan fingerprint density at radius 3 is 2.59 bits per heavy atom. The summed E-state index contributed by atoms with van der Waals surface area (Å²) < 4.78 is 10.4. The normalized spacial score (nSPS) is 16.6. The number of hydrogen-bond acceptors (Lipinski definition) is 4. The smallest absolute Gasteiger partial charge is 0.331 e. The monoisotopic (exact) mass is 305 g/mol. The van der Waals surface area contributed by atoms with E-state index in [1.54, 1.807) is 6.07 Å². The highest BCUT2D eigenvalue weighted by Crippen LogP contribution is 2.29. The Bertz CT molecular complexity index is 535. The van der Waals surface area contributed by atoms with E-state index in [0.29, 0.717) is 18.6 Å². The molecule has 2 rings (SSSR count). The lowest BCUT2D eigenvalue weighted by atomic mass is 9.81. The summed E-state index contributed by atoms with van der Waals surface area (Å²) in [4.78, 5) is 24.2. The van der Waals surface area contributed by atoms with E-state index in [2.05, 4.69) is 5.32 Å². The molecule has 1 N–H and O–H groups in total. The van der Waals surface area contributed by atoms with Crippen LogP contribution in [-0.2, 0) is 14.3 Å². The maximum Gasteiger partial charge on any atom is 0.331 e. The van der Waals surface area contributed by atoms with E-state index in [1.165, 1.54) is 7.11 Å². The van der Waals surface area contributed by atoms with Gasteiger partial charge in [-0.3, -0.25) is 4.79 Å². The highest BCUT2D eigenvalue weighted by atomic mass is 16.5. The predicted octanol–water partition coefficient (Wildman–Crippen LogP) is 2.37. The minimum absolute atomic E-state index is 0.109. The first-order chi connectivity index (χ1) is 10.6. The summed E-state index contributed by atoms with van der Waals surface area (Å²) >= 11 is 0. The number of ether oxygens (including phenoxy) is 2. The molecule has 1 fully saturated rings. The molecular formula is C17H23NO4. The number of rotatable bonds is 5. The molecule has 0 unspecified atom stereocenters. The lowest BCUT2D eigenvalue weighted by Crippen LogP contribution is -2.57. The Morgan fingerprint density at radius 1 is 1.23 bits per heavy atom. The molecule has 0 saturated heterocycles. The van der Waals surface area contributed by atoms with Crippen molar-refractivity contribution in [3.05, 3.63) is 29.8 Å². The molecule has 1 amide bonds. The van der Waals surface area contributed by atoms with Gasteiger partial charge in [-0.1, -0.05) is 31.4 Å². The zero-order chi connectivity index (χ0) is 16.0. The van der Waals surface area contributed by atoms with Crippen LogP contribution in [0.3, 0.4) is 0 Å². The number of aryl methyl sites for hydroxylation is 1. The second kappa shape index (κ2) is 7.29. The average Bonchev–Trinajstić information content (AvgIpc) is 2.53. The van der Waals surface area contributed by atoms with E-state index < -0.39 is 5.54 Å². The Kier molecular flexibility index (Phi) is 5.41. The van der Waals surface area contributed by atoms with Crippen LogP contribution in [0, 0.1) is 6.92 Å². The van der Waals surface area contributed by atoms with Crippen LogP contribution in [-0.4, -0.2) is 31.1 Å². The van der Waals surface area contributed by atoms with Crippen molar-refractivity contribution in [1.29, 1.82) is 0 Å². The summed E-state index contributed by atoms with van der Waals surface area (Å²) in [6.45, 7) is 1.85. The van der Waals surface area contributed by atoms with Crippen molar-refractivity contribution < 1.29 is 19.1 Å². The Hall–Kier alpha value is -2.04. The molecule has 0 aromatic heterocycles. The summed E-state index contributed by atoms with van der Waals surface area (Å²) in [5.74, 6) is -0.0178. The van der Waals surface area contributed by atoms with E-state index >= 15 is 0 Å². The molecule has 1 aliphatic rings. The van der Waals surface area contributed by atoms with Crippen molar-refractivity contribution >= 4 is 11.9 Å². The van der Waals surface area contributed by atoms with E-state index in [1.807, 2.05) is 25.1 Å². The van der Waals surface area contributed by atoms with Crippen LogP contribution in [0.25, 0.3) is 0 Å². The fourth-order valence-electron chi connectivity index (χ4n) is 2.89. The second-order valence-electron chi connectivity index (χ2n) is 5.79. The molecule has 0 spiro atoms. The summed E-state index contributed by atoms with van der Waals surface area (Å²) in [6.07, 6.45) is 4.14. The van der Waals surface area contributed by atoms with Gasteiger partial charge >= 0.3 is 5.97 Å². The molecule has 1 saturated carbocycles. The van der Waals surface area contributed by atoms with Crippen molar-refractivity contribution in [2.24, 2.45) is 0 Å². The van der Waals surface area contributed by atoms with Gasteiger partial charge in [-0.05, 0) is 37.5 Å². The lowest BCUT2D eigenvalue weighted by Gasteiger charge is -2.35. The maximum absolute atomic E-state index is 12.2. The van der Waals surface area contributed by atoms with Gasteiger partial charge < -0.3 is 14.8 Å². The summed E-state index contributed by atoms with van der Waals surface area (Å²) in [5, 5.41) is 2.83. The van der Waals surface area contributed by atoms with Gasteiger partial charge in [0.1, 0.15) is 11.3 Å². The Balaban J connectivity index is 1.95. The third kappa shape index (κ3) is 4.00. The second-order valence-corrected chi connectivity index (χ2v) is 5.79. The first-order valence-electron chi connectivity index (χ1n) is 7.65. The maximum atomic E-state index is 12.2. The molecule has 1 aromatic rings. The summed E-state index contributed by atoms with van der Waals surface area (Å²) in [6, 6.07) is 7.50. The summed E-state index contributed by atoms with van der Waals surface area (Å²) in [7, 11) is 1.36. The minimum atomic E-state index is -0.889. The van der Waals surface area contributed by atoms with Crippen LogP contribution in [0.1, 0.15) is 37.7 Å². The Labute approximate surface area is 131 Å². The van der Waals surface area contributed by atoms with E-state index in [4.69, 9.17) is 9.47 Å². The number of carbonyl (C=O) groups is 2. The molecule has 22 heavy (non-hydrogen) atoms. The van der Waals surface area contributed by atoms with Crippen LogP contribution in [0.5, 0.6) is 5.75 Å². The van der Waals surface area contributed by atoms with Gasteiger partial charge in [-0.15, -0.1) is 0 Å². The fraction of sp³-hybridized carbons (Fsp3) is 0.529. The van der Waals surface area contributed by atoms with Crippen LogP contribution in [0.2, 0.25) is 0 Å². The molecule has 0 aliphatic heterocycles. The van der Waals surface area contributed by atoms with Crippen molar-refractivity contribution in [3.8, 4) is 5.75 Å². The third-order valence-corrected chi connectivity index (χ3v) is 4.02. The van der Waals surface area contributed by atoms with Gasteiger partial charge in [-0.2, -0.15) is 0 Å². The highest BCUT2D eigenvalue weighted by molar-refractivity contribution is 5.88. The molecule has 5 nitrogen and oxygen atoms in total. The van der Waals surface area contributed by atoms with Crippen LogP contribution in [0.4, 0.5) is 0 Å². The predicted molar refractivity (Wildman–Crippen MR) is 82.6 cm³/mol. The number of carbonyl (C=O) groups excluding carboxylic acids is 2. The largest absolute Gasteiger partial charge is 0.484 e. The molecule has 0 heterocycles. The first kappa shape index (κ1) is 16.3. The highest BCUT2D eigenvalue weighted by Gasteiger charge is 2.41. The Morgan fingerprint density at radius 2 is 1.95 bits per heavy atom. The number of hydrogen-bond donors (Lipinski definition) is 1. The van der Waals surface area contributed by atoms with E-state index in [0.717, 1.165) is 24.8 Å². The van der Waals surface area contributed by atoms with Crippen molar-refractivity contribution in [2.75, 3.05) is 13.7 Å². The molecular weight excluding hydrogens is 282 g/mol. The number of nitrogens with one attached hydrogen (secondary N) is 1. The third-order valence-electron chi connectivity index (χ3n) is 4.02. The number of esters is 1. The van der Waals surface area contributed by atoms with E-state index in [9.17, 15) is 9.59 Å². The summed E-state index contributed by atoms with van der Waals surface area (Å²) in [5.41, 5.74) is 0.177. The number of benzene rings is 1. The molecule has 1 aromatic carbocycles. The first-order valence-corrected chi connectivity index (χ1v) is 7.65. The molecule has 0 bridgehead atoms. The quantitative estimate of drug-likeness (QED) is 0.848. The van der Waals surface area contributed by atoms with Gasteiger partial charge in [0.05, 0.1) is 7.11 Å². The molecule has 0 radical (unpaired) electrons. The molecule has 0 atom stereocenters. The molecule has 5 heteroatoms. The fourth-order valence-corrected chi connectivity index (χ4v) is 2.89. The van der Waals surface area contributed by atoms with Gasteiger partial charge in [-0.25, -0.2) is 4.79 Å². The van der Waals surface area contributed by atoms with Crippen LogP contribution in [0.15, 0.2) is 24.3 Å². The van der Waals surface area contributed by atoms with Crippen molar-refractivity contribution in [1.82, 2.24) is 5.32 Å². The average molecular weight is 305 g/mol. The standard InChI is InChI=1S/C17H23NO4/c1-13-7-6-8-14(11-13)22-12-15(19)18-17(16(20)21-2)9-4-3-5-10-17/h6-8,11H,3-5,9-10,12H2,1-2H3,(H,18,19). The number of amides is 1. The van der Waals surface area contributed by atoms with Gasteiger partial charge in [0.2, 0.25) is 0 Å². The van der Waals surface area contributed by atoms with Crippen molar-refractivity contribution in [2.45, 2.75) is 44.6 Å². The molecule has 120 valence electrons. The van der Waals surface area contributed by atoms with E-state index in [-0.39, 0.29) is 18.5 Å². The topological polar surface area (TPSA) is 64.6 Å². The number of methoxy groups -OCH3 is 1. The SMILES string of the molecule is COC(=O)C1(NC(=O)COc2cccc(C)c2)CCCCC1. The van der Waals surface area contributed by atoms with Crippen molar-refractivity contribution in [3.63, 3.8) is 0 Å². The molecule has 1 aliphatic carbocycles. The lowest BCUT2D eigenvalue weighted by molar-refractivity contribution is -0.152. The minimum Gasteiger partial charge on any atom is -0.484 e. The van der Waals surface area contributed by atoms with Gasteiger partial charge in [0.15, 0.2) is 6.61 Å². The zero-order valence-corrected chi connectivity index (χ0v) is 13.2. The van der Waals surface area contributed by atoms with Crippen LogP contribution < -0.4 is 10.1 Å². The van der Waals surface area contributed by atoms with Crippen LogP contribution >= 0.6 is 0 Å². The zero-order valence-electron chi connectivity index (χ0n) is 13.2. The van der Waals surface area contributed by atoms with Gasteiger partial charge in [0.25, 0.3) is 5.91 Å².